The second-order valence-corrected chi connectivity index (χ2v) is 5.94. The number of hydrogen-bond donors (Lipinski definition) is 0. The van der Waals surface area contributed by atoms with E-state index in [0.717, 1.165) is 5.69 Å². The van der Waals surface area contributed by atoms with Crippen molar-refractivity contribution in [3.63, 3.8) is 0 Å². The highest BCUT2D eigenvalue weighted by Crippen LogP contribution is 2.25. The van der Waals surface area contributed by atoms with Crippen LogP contribution in [0.1, 0.15) is 0 Å². The molecule has 138 valence electrons. The molecule has 0 spiro atoms. The number of benzene rings is 1. The van der Waals surface area contributed by atoms with E-state index in [1.165, 1.54) is 0 Å². The molecule has 2 aliphatic rings. The molecule has 0 atom stereocenters. The number of hydrogen-bond acceptors (Lipinski definition) is 5. The average molecular weight is 363 g/mol. The minimum Gasteiger partial charge on any atom is -0.463 e. The van der Waals surface area contributed by atoms with E-state index < -0.39 is 0 Å². The van der Waals surface area contributed by atoms with Crippen LogP contribution >= 0.6 is 0 Å². The average Bonchev–Trinajstić information content (AvgIpc) is 3.41. The van der Waals surface area contributed by atoms with E-state index in [1.54, 1.807) is 51.4 Å². The van der Waals surface area contributed by atoms with Gasteiger partial charge < -0.3 is 14.4 Å². The number of esters is 2. The van der Waals surface area contributed by atoms with E-state index in [-0.39, 0.29) is 25.2 Å². The van der Waals surface area contributed by atoms with Gasteiger partial charge in [-0.2, -0.15) is 0 Å². The molecule has 0 bridgehead atoms. The lowest BCUT2D eigenvalue weighted by atomic mass is 10.1. The highest BCUT2D eigenvalue weighted by atomic mass is 16.5. The van der Waals surface area contributed by atoms with Crippen LogP contribution in [0.4, 0.5) is 5.69 Å². The van der Waals surface area contributed by atoms with Gasteiger partial charge in [-0.25, -0.2) is 0 Å². The molecular weight excluding hydrogens is 342 g/mol. The normalized spacial score (nSPS) is 17.8. The summed E-state index contributed by atoms with van der Waals surface area (Å²) in [4.78, 5) is 25.9. The first-order valence-corrected chi connectivity index (χ1v) is 8.82. The van der Waals surface area contributed by atoms with Gasteiger partial charge in [0.25, 0.3) is 0 Å². The van der Waals surface area contributed by atoms with Crippen LogP contribution in [-0.2, 0) is 19.1 Å². The first kappa shape index (κ1) is 19.7. The van der Waals surface area contributed by atoms with Gasteiger partial charge in [-0.1, -0.05) is 18.2 Å². The van der Waals surface area contributed by atoms with Gasteiger partial charge in [0.1, 0.15) is 13.2 Å². The largest absolute Gasteiger partial charge is 0.463 e. The second kappa shape index (κ2) is 10.3. The SMILES string of the molecule is O=C(OCCN(CCOC(=O)[C]1[CH][CH][CH][CH]1)c1ccccc1)[C]1[CH][CH][CH][CH]1. The Bertz CT molecular complexity index is 558. The highest BCUT2D eigenvalue weighted by molar-refractivity contribution is 5.92. The van der Waals surface area contributed by atoms with Crippen LogP contribution in [0.3, 0.4) is 0 Å². The summed E-state index contributed by atoms with van der Waals surface area (Å²) < 4.78 is 10.7. The van der Waals surface area contributed by atoms with Crippen LogP contribution in [0.15, 0.2) is 30.3 Å². The molecule has 3 rings (SSSR count). The summed E-state index contributed by atoms with van der Waals surface area (Å²) in [7, 11) is 0. The predicted molar refractivity (Wildman–Crippen MR) is 101 cm³/mol. The smallest absolute Gasteiger partial charge is 0.313 e. The summed E-state index contributed by atoms with van der Waals surface area (Å²) >= 11 is 0. The fourth-order valence-corrected chi connectivity index (χ4v) is 2.69. The van der Waals surface area contributed by atoms with Gasteiger partial charge in [0.2, 0.25) is 0 Å². The highest BCUT2D eigenvalue weighted by Gasteiger charge is 2.27. The van der Waals surface area contributed by atoms with Gasteiger partial charge in [-0.15, -0.1) is 0 Å². The van der Waals surface area contributed by atoms with Crippen molar-refractivity contribution in [2.45, 2.75) is 0 Å². The summed E-state index contributed by atoms with van der Waals surface area (Å²) in [5.74, 6) is 0.418. The lowest BCUT2D eigenvalue weighted by Crippen LogP contribution is -2.33. The van der Waals surface area contributed by atoms with Crippen molar-refractivity contribution >= 4 is 17.6 Å². The van der Waals surface area contributed by atoms with Crippen LogP contribution in [0.5, 0.6) is 0 Å². The van der Waals surface area contributed by atoms with E-state index in [4.69, 9.17) is 9.47 Å². The third-order valence-corrected chi connectivity index (χ3v) is 4.11. The molecule has 1 aromatic rings. The molecular formula is C22H21NO4. The monoisotopic (exact) mass is 363 g/mol. The third-order valence-electron chi connectivity index (χ3n) is 4.11. The molecule has 2 fully saturated rings. The Morgan fingerprint density at radius 3 is 1.59 bits per heavy atom. The molecule has 0 amide bonds. The first-order chi connectivity index (χ1) is 13.2. The van der Waals surface area contributed by atoms with E-state index in [2.05, 4.69) is 0 Å². The van der Waals surface area contributed by atoms with Crippen molar-refractivity contribution in [3.8, 4) is 0 Å². The number of para-hydroxylation sites is 1. The Balaban J connectivity index is 1.45. The fraction of sp³-hybridized carbons (Fsp3) is 0.182. The van der Waals surface area contributed by atoms with E-state index in [9.17, 15) is 9.59 Å². The molecule has 5 nitrogen and oxygen atoms in total. The van der Waals surface area contributed by atoms with Gasteiger partial charge in [-0.3, -0.25) is 9.59 Å². The van der Waals surface area contributed by atoms with Crippen molar-refractivity contribution in [2.75, 3.05) is 31.2 Å². The Kier molecular flexibility index (Phi) is 7.55. The minimum atomic E-state index is -0.337. The predicted octanol–water partition coefficient (Wildman–Crippen LogP) is 2.39. The number of carbonyl (C=O) groups is 2. The van der Waals surface area contributed by atoms with E-state index >= 15 is 0 Å². The maximum atomic E-state index is 11.9. The zero-order chi connectivity index (χ0) is 18.9. The van der Waals surface area contributed by atoms with Gasteiger partial charge in [-0.05, 0) is 63.5 Å². The van der Waals surface area contributed by atoms with Crippen molar-refractivity contribution in [1.29, 1.82) is 0 Å². The molecule has 0 aliphatic heterocycles. The molecule has 0 heterocycles. The fourth-order valence-electron chi connectivity index (χ4n) is 2.69. The molecule has 10 radical (unpaired) electrons. The molecule has 5 heteroatoms. The number of rotatable bonds is 9. The molecule has 27 heavy (non-hydrogen) atoms. The summed E-state index contributed by atoms with van der Waals surface area (Å²) in [5, 5.41) is 0. The summed E-state index contributed by atoms with van der Waals surface area (Å²) in [6.45, 7) is 1.50. The third kappa shape index (κ3) is 5.98. The zero-order valence-corrected chi connectivity index (χ0v) is 14.9. The topological polar surface area (TPSA) is 55.8 Å². The van der Waals surface area contributed by atoms with E-state index in [0.29, 0.717) is 24.9 Å². The quantitative estimate of drug-likeness (QED) is 0.631. The molecule has 2 aliphatic carbocycles. The van der Waals surface area contributed by atoms with Crippen LogP contribution in [-0.4, -0.2) is 38.2 Å². The van der Waals surface area contributed by atoms with Gasteiger partial charge in [0, 0.05) is 5.69 Å². The van der Waals surface area contributed by atoms with Gasteiger partial charge in [0.05, 0.1) is 24.9 Å². The number of nitrogens with zero attached hydrogens (tertiary/aromatic N) is 1. The van der Waals surface area contributed by atoms with Gasteiger partial charge >= 0.3 is 11.9 Å². The zero-order valence-electron chi connectivity index (χ0n) is 14.9. The Morgan fingerprint density at radius 1 is 0.704 bits per heavy atom. The van der Waals surface area contributed by atoms with Crippen LogP contribution < -0.4 is 4.90 Å². The molecule has 0 unspecified atom stereocenters. The summed E-state index contributed by atoms with van der Waals surface area (Å²) in [6.07, 6.45) is 14.1. The first-order valence-electron chi connectivity index (χ1n) is 8.82. The maximum absolute atomic E-state index is 11.9. The molecule has 1 aromatic carbocycles. The van der Waals surface area contributed by atoms with Crippen molar-refractivity contribution < 1.29 is 19.1 Å². The summed E-state index contributed by atoms with van der Waals surface area (Å²) in [6, 6.07) is 9.76. The number of anilines is 1. The Labute approximate surface area is 162 Å². The lowest BCUT2D eigenvalue weighted by Gasteiger charge is -2.25. The second-order valence-electron chi connectivity index (χ2n) is 5.94. The van der Waals surface area contributed by atoms with E-state index in [1.807, 2.05) is 35.2 Å². The van der Waals surface area contributed by atoms with Crippen molar-refractivity contribution in [1.82, 2.24) is 0 Å². The van der Waals surface area contributed by atoms with Gasteiger partial charge in [0.15, 0.2) is 0 Å². The van der Waals surface area contributed by atoms with Crippen molar-refractivity contribution in [2.24, 2.45) is 0 Å². The minimum absolute atomic E-state index is 0.246. The van der Waals surface area contributed by atoms with Crippen LogP contribution in [0.2, 0.25) is 0 Å². The lowest BCUT2D eigenvalue weighted by molar-refractivity contribution is -0.140. The number of carbonyl (C=O) groups excluding carboxylic acids is 2. The van der Waals surface area contributed by atoms with Crippen LogP contribution in [0, 0.1) is 63.2 Å². The number of ether oxygens (including phenoxy) is 2. The Hall–Kier alpha value is -2.04. The molecule has 0 N–H and O–H groups in total. The molecule has 0 saturated heterocycles. The molecule has 0 aromatic heterocycles. The van der Waals surface area contributed by atoms with Crippen LogP contribution in [0.25, 0.3) is 0 Å². The summed E-state index contributed by atoms with van der Waals surface area (Å²) in [5.41, 5.74) is 0.978. The van der Waals surface area contributed by atoms with Crippen molar-refractivity contribution in [3.05, 3.63) is 93.5 Å². The standard InChI is InChI=1S/C22H21NO4/c24-21(18-8-4-5-9-18)26-16-14-23(20-12-2-1-3-13-20)15-17-27-22(25)19-10-6-7-11-19/h1-13H,14-17H2. The maximum Gasteiger partial charge on any atom is 0.313 e. The Morgan fingerprint density at radius 2 is 1.15 bits per heavy atom. The molecule has 2 saturated carbocycles.